The second kappa shape index (κ2) is 9.89. The van der Waals surface area contributed by atoms with Gasteiger partial charge in [0, 0.05) is 35.3 Å². The maximum atomic E-state index is 10.7. The molecule has 0 aliphatic heterocycles. The summed E-state index contributed by atoms with van der Waals surface area (Å²) < 4.78 is 5.13. The summed E-state index contributed by atoms with van der Waals surface area (Å²) in [6.45, 7) is 5.37. The number of hydrogen-bond acceptors (Lipinski definition) is 3. The van der Waals surface area contributed by atoms with Crippen molar-refractivity contribution < 1.29 is 14.6 Å². The van der Waals surface area contributed by atoms with Crippen molar-refractivity contribution in [1.29, 1.82) is 0 Å². The van der Waals surface area contributed by atoms with Crippen LogP contribution >= 0.6 is 11.3 Å². The lowest BCUT2D eigenvalue weighted by Gasteiger charge is -2.28. The molecule has 0 fully saturated rings. The molecule has 1 aromatic heterocycles. The van der Waals surface area contributed by atoms with E-state index in [0.717, 1.165) is 37.9 Å². The van der Waals surface area contributed by atoms with Crippen molar-refractivity contribution in [3.8, 4) is 0 Å². The van der Waals surface area contributed by atoms with Crippen LogP contribution in [-0.4, -0.2) is 24.8 Å². The lowest BCUT2D eigenvalue weighted by Crippen LogP contribution is -2.21. The average Bonchev–Trinajstić information content (AvgIpc) is 3.13. The summed E-state index contributed by atoms with van der Waals surface area (Å²) in [6.07, 6.45) is 5.18. The molecule has 1 N–H and O–H groups in total. The van der Waals surface area contributed by atoms with E-state index in [4.69, 9.17) is 9.84 Å². The Morgan fingerprint density at radius 1 is 1.12 bits per heavy atom. The van der Waals surface area contributed by atoms with Crippen LogP contribution in [0.5, 0.6) is 0 Å². The minimum atomic E-state index is -0.746. The Labute approximate surface area is 161 Å². The zero-order valence-electron chi connectivity index (χ0n) is 16.1. The third kappa shape index (κ3) is 5.42. The minimum Gasteiger partial charge on any atom is -0.481 e. The molecule has 0 amide bonds. The zero-order valence-corrected chi connectivity index (χ0v) is 16.9. The summed E-state index contributed by atoms with van der Waals surface area (Å²) in [6, 6.07) is 13.0. The van der Waals surface area contributed by atoms with Gasteiger partial charge < -0.3 is 9.84 Å². The van der Waals surface area contributed by atoms with Crippen molar-refractivity contribution >= 4 is 17.3 Å². The van der Waals surface area contributed by atoms with Crippen LogP contribution in [0.1, 0.15) is 60.4 Å². The minimum absolute atomic E-state index is 0.000768. The van der Waals surface area contributed by atoms with E-state index in [0.29, 0.717) is 6.42 Å². The molecule has 0 saturated heterocycles. The molecule has 0 saturated carbocycles. The van der Waals surface area contributed by atoms with Crippen LogP contribution in [0, 0.1) is 0 Å². The standard InChI is InChI=1S/C22H30O3S/c1-4-22(2,18-11-8-17(9-12-18)10-15-21(23)24)20-14-13-19(26-20)7-5-6-16-25-3/h8-9,11-14H,4-7,10,15-16H2,1-3H3,(H,23,24)/t22-/m1/s1. The van der Waals surface area contributed by atoms with Gasteiger partial charge in [-0.3, -0.25) is 4.79 Å². The molecule has 0 radical (unpaired) electrons. The number of ether oxygens (including phenoxy) is 1. The second-order valence-corrected chi connectivity index (χ2v) is 8.16. The van der Waals surface area contributed by atoms with Crippen LogP contribution < -0.4 is 0 Å². The smallest absolute Gasteiger partial charge is 0.303 e. The Morgan fingerprint density at radius 2 is 1.85 bits per heavy atom. The van der Waals surface area contributed by atoms with Gasteiger partial charge in [-0.2, -0.15) is 0 Å². The second-order valence-electron chi connectivity index (χ2n) is 6.99. The van der Waals surface area contributed by atoms with Crippen LogP contribution in [0.3, 0.4) is 0 Å². The summed E-state index contributed by atoms with van der Waals surface area (Å²) in [7, 11) is 1.75. The van der Waals surface area contributed by atoms with E-state index < -0.39 is 5.97 Å². The number of benzene rings is 1. The van der Waals surface area contributed by atoms with Crippen molar-refractivity contribution in [1.82, 2.24) is 0 Å². The third-order valence-electron chi connectivity index (χ3n) is 5.15. The highest BCUT2D eigenvalue weighted by Gasteiger charge is 2.28. The number of carboxylic acid groups (broad SMARTS) is 1. The van der Waals surface area contributed by atoms with Gasteiger partial charge in [0.25, 0.3) is 0 Å². The SMILES string of the molecule is CC[C@](C)(c1ccc(CCC(=O)O)cc1)c1ccc(CCCCOC)s1. The highest BCUT2D eigenvalue weighted by molar-refractivity contribution is 7.12. The Kier molecular flexibility index (Phi) is 7.85. The fourth-order valence-corrected chi connectivity index (χ4v) is 4.45. The highest BCUT2D eigenvalue weighted by Crippen LogP contribution is 2.39. The van der Waals surface area contributed by atoms with Crippen molar-refractivity contribution in [2.24, 2.45) is 0 Å². The lowest BCUT2D eigenvalue weighted by atomic mass is 9.78. The first-order valence-corrected chi connectivity index (χ1v) is 10.2. The molecular weight excluding hydrogens is 344 g/mol. The number of aliphatic carboxylic acids is 1. The molecule has 2 aromatic rings. The number of unbranched alkanes of at least 4 members (excludes halogenated alkanes) is 1. The molecule has 0 spiro atoms. The molecule has 26 heavy (non-hydrogen) atoms. The third-order valence-corrected chi connectivity index (χ3v) is 6.56. The molecular formula is C22H30O3S. The monoisotopic (exact) mass is 374 g/mol. The Balaban J connectivity index is 2.09. The van der Waals surface area contributed by atoms with Gasteiger partial charge in [0.2, 0.25) is 0 Å². The van der Waals surface area contributed by atoms with Crippen LogP contribution in [0.25, 0.3) is 0 Å². The van der Waals surface area contributed by atoms with Crippen molar-refractivity contribution in [3.05, 3.63) is 57.3 Å². The van der Waals surface area contributed by atoms with Crippen molar-refractivity contribution in [2.75, 3.05) is 13.7 Å². The number of thiophene rings is 1. The van der Waals surface area contributed by atoms with Gasteiger partial charge in [0.05, 0.1) is 0 Å². The lowest BCUT2D eigenvalue weighted by molar-refractivity contribution is -0.136. The quantitative estimate of drug-likeness (QED) is 0.532. The maximum Gasteiger partial charge on any atom is 0.303 e. The molecule has 0 unspecified atom stereocenters. The largest absolute Gasteiger partial charge is 0.481 e. The normalized spacial score (nSPS) is 13.5. The fourth-order valence-electron chi connectivity index (χ4n) is 3.17. The topological polar surface area (TPSA) is 46.5 Å². The van der Waals surface area contributed by atoms with Gasteiger partial charge in [0.1, 0.15) is 0 Å². The highest BCUT2D eigenvalue weighted by atomic mass is 32.1. The number of carbonyl (C=O) groups is 1. The van der Waals surface area contributed by atoms with Gasteiger partial charge >= 0.3 is 5.97 Å². The summed E-state index contributed by atoms with van der Waals surface area (Å²) in [5, 5.41) is 8.83. The Hall–Kier alpha value is -1.65. The van der Waals surface area contributed by atoms with Crippen molar-refractivity contribution in [3.63, 3.8) is 0 Å². The van der Waals surface area contributed by atoms with E-state index in [1.54, 1.807) is 7.11 Å². The summed E-state index contributed by atoms with van der Waals surface area (Å²) in [5.74, 6) is -0.746. The van der Waals surface area contributed by atoms with E-state index in [1.807, 2.05) is 11.3 Å². The number of rotatable bonds is 11. The van der Waals surface area contributed by atoms with Crippen LogP contribution in [-0.2, 0) is 27.8 Å². The molecule has 3 nitrogen and oxygen atoms in total. The molecule has 0 aliphatic rings. The number of carboxylic acids is 1. The van der Waals surface area contributed by atoms with E-state index in [9.17, 15) is 4.79 Å². The number of methoxy groups -OCH3 is 1. The maximum absolute atomic E-state index is 10.7. The predicted octanol–water partition coefficient (Wildman–Crippen LogP) is 5.45. The van der Waals surface area contributed by atoms with E-state index in [2.05, 4.69) is 50.2 Å². The van der Waals surface area contributed by atoms with Crippen LogP contribution in [0.2, 0.25) is 0 Å². The molecule has 142 valence electrons. The van der Waals surface area contributed by atoms with Crippen LogP contribution in [0.4, 0.5) is 0 Å². The average molecular weight is 375 g/mol. The summed E-state index contributed by atoms with van der Waals surface area (Å²) in [4.78, 5) is 13.6. The zero-order chi connectivity index (χ0) is 19.0. The molecule has 1 atom stereocenters. The molecule has 1 aromatic carbocycles. The van der Waals surface area contributed by atoms with Gasteiger partial charge in [-0.1, -0.05) is 38.1 Å². The van der Waals surface area contributed by atoms with Gasteiger partial charge in [-0.15, -0.1) is 11.3 Å². The molecule has 0 aliphatic carbocycles. The number of aryl methyl sites for hydroxylation is 2. The predicted molar refractivity (Wildman–Crippen MR) is 108 cm³/mol. The molecule has 2 rings (SSSR count). The van der Waals surface area contributed by atoms with E-state index in [1.165, 1.54) is 15.3 Å². The molecule has 1 heterocycles. The van der Waals surface area contributed by atoms with Crippen LogP contribution in [0.15, 0.2) is 36.4 Å². The first-order chi connectivity index (χ1) is 12.5. The Bertz CT molecular complexity index is 690. The number of hydrogen-bond donors (Lipinski definition) is 1. The van der Waals surface area contributed by atoms with E-state index >= 15 is 0 Å². The Morgan fingerprint density at radius 3 is 2.46 bits per heavy atom. The molecule has 0 bridgehead atoms. The summed E-state index contributed by atoms with van der Waals surface area (Å²) >= 11 is 1.92. The summed E-state index contributed by atoms with van der Waals surface area (Å²) in [5.41, 5.74) is 2.38. The van der Waals surface area contributed by atoms with Gasteiger partial charge in [-0.05, 0) is 55.4 Å². The van der Waals surface area contributed by atoms with Gasteiger partial charge in [0.15, 0.2) is 0 Å². The van der Waals surface area contributed by atoms with Gasteiger partial charge in [-0.25, -0.2) is 0 Å². The first kappa shape index (κ1) is 20.7. The van der Waals surface area contributed by atoms with Crippen molar-refractivity contribution in [2.45, 2.75) is 57.8 Å². The first-order valence-electron chi connectivity index (χ1n) is 9.39. The van der Waals surface area contributed by atoms with E-state index in [-0.39, 0.29) is 11.8 Å². The molecule has 4 heteroatoms. The fraction of sp³-hybridized carbons (Fsp3) is 0.500.